The van der Waals surface area contributed by atoms with Crippen molar-refractivity contribution in [1.82, 2.24) is 4.90 Å². The quantitative estimate of drug-likeness (QED) is 0.648. The van der Waals surface area contributed by atoms with Crippen LogP contribution in [0.1, 0.15) is 39.5 Å². The number of nitrogens with zero attached hydrogens (tertiary/aromatic N) is 1. The van der Waals surface area contributed by atoms with Crippen LogP contribution in [0.3, 0.4) is 0 Å². The maximum atomic E-state index is 8.95. The van der Waals surface area contributed by atoms with Gasteiger partial charge in [0.1, 0.15) is 0 Å². The van der Waals surface area contributed by atoms with E-state index < -0.39 is 0 Å². The van der Waals surface area contributed by atoms with Crippen LogP contribution < -0.4 is 0 Å². The summed E-state index contributed by atoms with van der Waals surface area (Å²) in [5.74, 6) is 0. The van der Waals surface area contributed by atoms with Crippen LogP contribution in [0.15, 0.2) is 0 Å². The van der Waals surface area contributed by atoms with Gasteiger partial charge in [-0.2, -0.15) is 0 Å². The first kappa shape index (κ1) is 10.0. The molecule has 1 heterocycles. The highest BCUT2D eigenvalue weighted by Crippen LogP contribution is 2.50. The lowest BCUT2D eigenvalue weighted by atomic mass is 10.2. The molecule has 2 aliphatic rings. The molecular weight excluding hydrogens is 150 g/mol. The average molecular weight is 171 g/mol. The highest BCUT2D eigenvalue weighted by atomic mass is 16.3. The fraction of sp³-hybridized carbons (Fsp3) is 1.00. The van der Waals surface area contributed by atoms with Gasteiger partial charge in [0.2, 0.25) is 0 Å². The van der Waals surface area contributed by atoms with Gasteiger partial charge in [-0.1, -0.05) is 13.8 Å². The van der Waals surface area contributed by atoms with E-state index >= 15 is 0 Å². The smallest absolute Gasteiger partial charge is 0.0586 e. The van der Waals surface area contributed by atoms with E-state index in [4.69, 9.17) is 5.11 Å². The SMILES string of the molecule is CC.CN1C(CO)CCC12CC2. The van der Waals surface area contributed by atoms with Crippen LogP contribution in [-0.2, 0) is 0 Å². The molecule has 2 heteroatoms. The minimum Gasteiger partial charge on any atom is -0.395 e. The molecule has 1 atom stereocenters. The first-order chi connectivity index (χ1) is 5.78. The first-order valence-electron chi connectivity index (χ1n) is 5.12. The third-order valence-electron chi connectivity index (χ3n) is 3.28. The van der Waals surface area contributed by atoms with Crippen LogP contribution in [0.4, 0.5) is 0 Å². The van der Waals surface area contributed by atoms with E-state index in [1.54, 1.807) is 0 Å². The summed E-state index contributed by atoms with van der Waals surface area (Å²) < 4.78 is 0. The van der Waals surface area contributed by atoms with Gasteiger partial charge >= 0.3 is 0 Å². The number of rotatable bonds is 1. The molecule has 12 heavy (non-hydrogen) atoms. The van der Waals surface area contributed by atoms with Crippen molar-refractivity contribution in [2.45, 2.75) is 51.1 Å². The third-order valence-corrected chi connectivity index (χ3v) is 3.28. The Morgan fingerprint density at radius 3 is 2.17 bits per heavy atom. The molecule has 1 saturated carbocycles. The summed E-state index contributed by atoms with van der Waals surface area (Å²) in [6.07, 6.45) is 5.24. The second-order valence-corrected chi connectivity index (χ2v) is 3.71. The summed E-state index contributed by atoms with van der Waals surface area (Å²) in [5.41, 5.74) is 0.549. The van der Waals surface area contributed by atoms with Crippen molar-refractivity contribution >= 4 is 0 Å². The largest absolute Gasteiger partial charge is 0.395 e. The maximum Gasteiger partial charge on any atom is 0.0586 e. The first-order valence-corrected chi connectivity index (χ1v) is 5.12. The Kier molecular flexibility index (Phi) is 3.13. The Hall–Kier alpha value is -0.0800. The van der Waals surface area contributed by atoms with Crippen LogP contribution >= 0.6 is 0 Å². The molecule has 0 aromatic carbocycles. The van der Waals surface area contributed by atoms with Crippen molar-refractivity contribution < 1.29 is 5.11 Å². The van der Waals surface area contributed by atoms with Gasteiger partial charge in [0.05, 0.1) is 6.61 Å². The number of hydrogen-bond donors (Lipinski definition) is 1. The lowest BCUT2D eigenvalue weighted by Gasteiger charge is -2.23. The Bertz CT molecular complexity index is 143. The number of aliphatic hydroxyl groups excluding tert-OH is 1. The van der Waals surface area contributed by atoms with Gasteiger partial charge in [-0.25, -0.2) is 0 Å². The molecule has 1 aliphatic carbocycles. The second-order valence-electron chi connectivity index (χ2n) is 3.71. The van der Waals surface area contributed by atoms with E-state index in [2.05, 4.69) is 11.9 Å². The zero-order valence-electron chi connectivity index (χ0n) is 8.51. The predicted octanol–water partition coefficient (Wildman–Crippen LogP) is 1.63. The predicted molar refractivity (Wildman–Crippen MR) is 51.2 cm³/mol. The molecule has 1 unspecified atom stereocenters. The molecule has 0 amide bonds. The lowest BCUT2D eigenvalue weighted by molar-refractivity contribution is 0.147. The molecule has 1 spiro atoms. The van der Waals surface area contributed by atoms with Crippen LogP contribution in [0.2, 0.25) is 0 Å². The van der Waals surface area contributed by atoms with Crippen LogP contribution in [0, 0.1) is 0 Å². The normalized spacial score (nSPS) is 31.5. The van der Waals surface area contributed by atoms with Gasteiger partial charge in [0.15, 0.2) is 0 Å². The van der Waals surface area contributed by atoms with Gasteiger partial charge in [0.25, 0.3) is 0 Å². The van der Waals surface area contributed by atoms with Crippen molar-refractivity contribution in [2.75, 3.05) is 13.7 Å². The Balaban J connectivity index is 0.000000336. The summed E-state index contributed by atoms with van der Waals surface area (Å²) in [5, 5.41) is 8.95. The molecule has 1 N–H and O–H groups in total. The summed E-state index contributed by atoms with van der Waals surface area (Å²) in [4.78, 5) is 2.38. The zero-order valence-corrected chi connectivity index (χ0v) is 8.51. The van der Waals surface area contributed by atoms with E-state index in [1.807, 2.05) is 13.8 Å². The lowest BCUT2D eigenvalue weighted by Crippen LogP contribution is -2.35. The third kappa shape index (κ3) is 1.50. The molecule has 0 aromatic heterocycles. The van der Waals surface area contributed by atoms with Crippen molar-refractivity contribution in [3.05, 3.63) is 0 Å². The Labute approximate surface area is 75.6 Å². The number of aliphatic hydroxyl groups is 1. The van der Waals surface area contributed by atoms with Gasteiger partial charge in [-0.15, -0.1) is 0 Å². The average Bonchev–Trinajstić information content (AvgIpc) is 2.83. The standard InChI is InChI=1S/C8H15NO.C2H6/c1-9-7(6-10)2-3-8(9)4-5-8;1-2/h7,10H,2-6H2,1H3;1-2H3. The molecule has 0 bridgehead atoms. The number of likely N-dealkylation sites (tertiary alicyclic amines) is 1. The number of likely N-dealkylation sites (N-methyl/N-ethyl adjacent to an activating group) is 1. The van der Waals surface area contributed by atoms with Gasteiger partial charge in [-0.05, 0) is 32.7 Å². The second kappa shape index (κ2) is 3.75. The zero-order chi connectivity index (χ0) is 9.19. The van der Waals surface area contributed by atoms with E-state index in [0.717, 1.165) is 0 Å². The minimum atomic E-state index is 0.345. The van der Waals surface area contributed by atoms with Gasteiger partial charge < -0.3 is 5.11 Å². The topological polar surface area (TPSA) is 23.5 Å². The summed E-state index contributed by atoms with van der Waals surface area (Å²) >= 11 is 0. The molecule has 72 valence electrons. The van der Waals surface area contributed by atoms with E-state index in [0.29, 0.717) is 18.2 Å². The Morgan fingerprint density at radius 1 is 1.33 bits per heavy atom. The number of hydrogen-bond acceptors (Lipinski definition) is 2. The summed E-state index contributed by atoms with van der Waals surface area (Å²) in [6, 6.07) is 0.461. The van der Waals surface area contributed by atoms with Crippen molar-refractivity contribution in [3.63, 3.8) is 0 Å². The fourth-order valence-electron chi connectivity index (χ4n) is 2.15. The highest BCUT2D eigenvalue weighted by Gasteiger charge is 2.52. The monoisotopic (exact) mass is 171 g/mol. The summed E-state index contributed by atoms with van der Waals surface area (Å²) in [7, 11) is 2.15. The van der Waals surface area contributed by atoms with Crippen LogP contribution in [-0.4, -0.2) is 35.2 Å². The molecule has 0 aromatic rings. The molecule has 1 aliphatic heterocycles. The van der Waals surface area contributed by atoms with Gasteiger partial charge in [-0.3, -0.25) is 4.90 Å². The molecular formula is C10H21NO. The van der Waals surface area contributed by atoms with E-state index in [1.165, 1.54) is 25.7 Å². The highest BCUT2D eigenvalue weighted by molar-refractivity contribution is 5.08. The van der Waals surface area contributed by atoms with Crippen molar-refractivity contribution in [1.29, 1.82) is 0 Å². The van der Waals surface area contributed by atoms with Crippen molar-refractivity contribution in [3.8, 4) is 0 Å². The molecule has 2 rings (SSSR count). The Morgan fingerprint density at radius 2 is 1.92 bits per heavy atom. The summed E-state index contributed by atoms with van der Waals surface area (Å²) in [6.45, 7) is 4.35. The maximum absolute atomic E-state index is 8.95. The van der Waals surface area contributed by atoms with E-state index in [-0.39, 0.29) is 0 Å². The molecule has 2 fully saturated rings. The van der Waals surface area contributed by atoms with Crippen LogP contribution in [0.25, 0.3) is 0 Å². The molecule has 2 nitrogen and oxygen atoms in total. The minimum absolute atomic E-state index is 0.345. The molecule has 1 saturated heterocycles. The van der Waals surface area contributed by atoms with Gasteiger partial charge in [0, 0.05) is 11.6 Å². The fourth-order valence-corrected chi connectivity index (χ4v) is 2.15. The van der Waals surface area contributed by atoms with E-state index in [9.17, 15) is 0 Å². The van der Waals surface area contributed by atoms with Crippen LogP contribution in [0.5, 0.6) is 0 Å². The molecule has 0 radical (unpaired) electrons. The van der Waals surface area contributed by atoms with Crippen molar-refractivity contribution in [2.24, 2.45) is 0 Å².